The Labute approximate surface area is 649 Å². The molecular formula is C103H82N8. The van der Waals surface area contributed by atoms with Crippen molar-refractivity contribution < 1.29 is 0 Å². The van der Waals surface area contributed by atoms with E-state index in [1.54, 1.807) is 0 Å². The summed E-state index contributed by atoms with van der Waals surface area (Å²) in [6.45, 7) is 23.8. The van der Waals surface area contributed by atoms with Crippen LogP contribution in [0.15, 0.2) is 316 Å². The summed E-state index contributed by atoms with van der Waals surface area (Å²) in [6.07, 6.45) is 7.71. The summed E-state index contributed by atoms with van der Waals surface area (Å²) in [5, 5.41) is 4.14. The Bertz CT molecular complexity index is 6570. The summed E-state index contributed by atoms with van der Waals surface area (Å²) in [5.74, 6) is 3.23. The van der Waals surface area contributed by atoms with Gasteiger partial charge in [-0.15, -0.1) is 0 Å². The maximum atomic E-state index is 5.47. The lowest BCUT2D eigenvalue weighted by molar-refractivity contribution is 0.660. The molecule has 0 atom stereocenters. The van der Waals surface area contributed by atoms with E-state index in [-0.39, 0.29) is 21.7 Å². The monoisotopic (exact) mass is 1430 g/mol. The first-order chi connectivity index (χ1) is 53.8. The Kier molecular flexibility index (Phi) is 14.3. The van der Waals surface area contributed by atoms with E-state index in [1.165, 1.54) is 111 Å². The number of rotatable bonds is 12. The van der Waals surface area contributed by atoms with E-state index in [4.69, 9.17) is 19.9 Å². The SMILES string of the molecule is CC1(C)c2ccccc2-c2ccc(N(c3ccc4c(c3)C(C)(C)c3cc5c(N(c6ccc7c(c6)C(C)(C)c6ccccc6-7)c6ccccn6)c6ccc(N(c7ccc8c(c7)C(C)(C)c7ccccc7-8)c7ccccn7)cc6c(N(c6ccc7c(c6)C(C)(C)c6ccccc6-7)c6ccccn6)c5cc3-4)c3ccccn3)cc21. The molecule has 111 heavy (non-hydrogen) atoms. The second-order valence-corrected chi connectivity index (χ2v) is 33.4. The van der Waals surface area contributed by atoms with Gasteiger partial charge in [0, 0.05) is 108 Å². The van der Waals surface area contributed by atoms with Crippen LogP contribution in [0.2, 0.25) is 0 Å². The number of fused-ring (bicyclic) bond motifs is 17. The van der Waals surface area contributed by atoms with Gasteiger partial charge in [0.2, 0.25) is 0 Å². The Morgan fingerprint density at radius 1 is 0.180 bits per heavy atom. The van der Waals surface area contributed by atoms with Gasteiger partial charge in [-0.05, 0) is 245 Å². The molecule has 5 aliphatic rings. The number of hydrogen-bond donors (Lipinski definition) is 0. The molecule has 0 amide bonds. The van der Waals surface area contributed by atoms with E-state index in [2.05, 4.69) is 356 Å². The van der Waals surface area contributed by atoms with Crippen molar-refractivity contribution in [3.05, 3.63) is 372 Å². The maximum Gasteiger partial charge on any atom is 0.137 e. The van der Waals surface area contributed by atoms with Gasteiger partial charge in [0.15, 0.2) is 0 Å². The fraction of sp³-hybridized carbons (Fsp3) is 0.146. The van der Waals surface area contributed by atoms with Crippen LogP contribution in [0, 0.1) is 0 Å². The number of anilines is 12. The molecule has 0 aliphatic heterocycles. The maximum absolute atomic E-state index is 5.47. The van der Waals surface area contributed by atoms with Crippen LogP contribution >= 0.6 is 0 Å². The van der Waals surface area contributed by atoms with Crippen molar-refractivity contribution in [3.63, 3.8) is 0 Å². The van der Waals surface area contributed by atoms with E-state index in [1.807, 2.05) is 49.1 Å². The molecule has 0 spiro atoms. The van der Waals surface area contributed by atoms with Gasteiger partial charge in [-0.3, -0.25) is 19.6 Å². The molecule has 0 fully saturated rings. The first-order valence-corrected chi connectivity index (χ1v) is 38.9. The third kappa shape index (κ3) is 9.65. The highest BCUT2D eigenvalue weighted by atomic mass is 15.2. The van der Waals surface area contributed by atoms with Crippen LogP contribution in [-0.4, -0.2) is 19.9 Å². The van der Waals surface area contributed by atoms with Gasteiger partial charge in [0.05, 0.1) is 11.4 Å². The highest BCUT2D eigenvalue weighted by molar-refractivity contribution is 6.25. The van der Waals surface area contributed by atoms with Crippen molar-refractivity contribution in [3.8, 4) is 55.6 Å². The predicted molar refractivity (Wildman–Crippen MR) is 459 cm³/mol. The topological polar surface area (TPSA) is 64.5 Å². The Morgan fingerprint density at radius 2 is 0.414 bits per heavy atom. The molecule has 4 heterocycles. The normalized spacial score (nSPS) is 15.1. The van der Waals surface area contributed by atoms with Gasteiger partial charge in [-0.25, -0.2) is 19.9 Å². The van der Waals surface area contributed by atoms with Crippen LogP contribution in [0.4, 0.5) is 68.8 Å². The number of nitrogens with zero attached hydrogens (tertiary/aromatic N) is 8. The third-order valence-electron chi connectivity index (χ3n) is 25.6. The van der Waals surface area contributed by atoms with Gasteiger partial charge in [-0.2, -0.15) is 0 Å². The minimum atomic E-state index is -0.530. The van der Waals surface area contributed by atoms with Crippen molar-refractivity contribution >= 4 is 90.3 Å². The van der Waals surface area contributed by atoms with Crippen molar-refractivity contribution in [2.24, 2.45) is 0 Å². The molecule has 12 aromatic carbocycles. The Hall–Kier alpha value is -13.0. The smallest absolute Gasteiger partial charge is 0.137 e. The van der Waals surface area contributed by atoms with Crippen LogP contribution < -0.4 is 19.6 Å². The van der Waals surface area contributed by atoms with Gasteiger partial charge < -0.3 is 0 Å². The quantitative estimate of drug-likeness (QED) is 0.0886. The molecular weight excluding hydrogens is 1350 g/mol. The number of hydrogen-bond acceptors (Lipinski definition) is 8. The summed E-state index contributed by atoms with van der Waals surface area (Å²) < 4.78 is 0. The van der Waals surface area contributed by atoms with E-state index < -0.39 is 5.41 Å². The molecule has 5 aliphatic carbocycles. The molecule has 0 N–H and O–H groups in total. The zero-order valence-corrected chi connectivity index (χ0v) is 64.1. The summed E-state index contributed by atoms with van der Waals surface area (Å²) >= 11 is 0. The molecule has 0 saturated heterocycles. The first kappa shape index (κ1) is 66.2. The number of aromatic nitrogens is 4. The summed E-state index contributed by atoms with van der Waals surface area (Å²) in [6, 6.07) is 109. The molecule has 8 heteroatoms. The van der Waals surface area contributed by atoms with Gasteiger partial charge in [0.25, 0.3) is 0 Å². The fourth-order valence-electron chi connectivity index (χ4n) is 20.0. The number of benzene rings is 12. The molecule has 21 rings (SSSR count). The molecule has 0 saturated carbocycles. The number of pyridine rings is 4. The summed E-state index contributed by atoms with van der Waals surface area (Å²) in [5.41, 5.74) is 31.8. The molecule has 8 nitrogen and oxygen atoms in total. The van der Waals surface area contributed by atoms with Crippen LogP contribution in [0.5, 0.6) is 0 Å². The first-order valence-electron chi connectivity index (χ1n) is 38.9. The molecule has 16 aromatic rings. The second kappa shape index (κ2) is 24.0. The van der Waals surface area contributed by atoms with Gasteiger partial charge >= 0.3 is 0 Å². The molecule has 0 unspecified atom stereocenters. The van der Waals surface area contributed by atoms with Crippen LogP contribution in [0.3, 0.4) is 0 Å². The molecule has 4 aromatic heterocycles. The molecule has 0 radical (unpaired) electrons. The van der Waals surface area contributed by atoms with Crippen LogP contribution in [-0.2, 0) is 27.1 Å². The Morgan fingerprint density at radius 3 is 0.748 bits per heavy atom. The van der Waals surface area contributed by atoms with E-state index in [0.29, 0.717) is 0 Å². The van der Waals surface area contributed by atoms with Crippen molar-refractivity contribution in [1.82, 2.24) is 19.9 Å². The Balaban J connectivity index is 0.870. The average molecular weight is 1430 g/mol. The highest BCUT2D eigenvalue weighted by Crippen LogP contribution is 2.61. The second-order valence-electron chi connectivity index (χ2n) is 33.4. The standard InChI is InChI=1S/C103H82N8/c1-99(2)83-31-15-11-27-69(83)73-45-39-64(56-87(73)99)108(93-35-19-23-51-104-93)63-44-50-78-80(55-63)98(111(96-38-22-26-54-107-96)68-43-48-76-72-30-14-18-34-86(72)102(7,8)90(76)60-68)81-61-79-77-49-41-66(109(94-36-20-24-52-105-94)65-40-46-74-70-28-12-16-32-84(70)100(3,4)88(74)57-65)58-91(77)103(9,10)92(79)62-82(81)97(78)110(95-37-21-25-53-106-95)67-42-47-75-71-29-13-17-33-85(71)101(5,6)89(75)59-67/h11-62H,1-10H3. The van der Waals surface area contributed by atoms with Crippen molar-refractivity contribution in [1.29, 1.82) is 0 Å². The van der Waals surface area contributed by atoms with E-state index >= 15 is 0 Å². The predicted octanol–water partition coefficient (Wildman–Crippen LogP) is 27.0. The van der Waals surface area contributed by atoms with E-state index in [0.717, 1.165) is 90.3 Å². The average Bonchev–Trinajstić information content (AvgIpc) is 1.77. The minimum Gasteiger partial charge on any atom is -0.295 e. The lowest BCUT2D eigenvalue weighted by atomic mass is 9.81. The van der Waals surface area contributed by atoms with Crippen LogP contribution in [0.1, 0.15) is 125 Å². The lowest BCUT2D eigenvalue weighted by Gasteiger charge is -2.34. The van der Waals surface area contributed by atoms with Crippen molar-refractivity contribution in [2.75, 3.05) is 19.6 Å². The zero-order valence-electron chi connectivity index (χ0n) is 64.1. The minimum absolute atomic E-state index is 0.207. The van der Waals surface area contributed by atoms with Crippen molar-refractivity contribution in [2.45, 2.75) is 96.3 Å². The molecule has 0 bridgehead atoms. The third-order valence-corrected chi connectivity index (χ3v) is 25.6. The summed E-state index contributed by atoms with van der Waals surface area (Å²) in [7, 11) is 0. The van der Waals surface area contributed by atoms with Crippen LogP contribution in [0.25, 0.3) is 77.2 Å². The largest absolute Gasteiger partial charge is 0.295 e. The van der Waals surface area contributed by atoms with Gasteiger partial charge in [-0.1, -0.05) is 227 Å². The lowest BCUT2D eigenvalue weighted by Crippen LogP contribution is -2.20. The van der Waals surface area contributed by atoms with E-state index in [9.17, 15) is 0 Å². The molecule has 534 valence electrons. The fourth-order valence-corrected chi connectivity index (χ4v) is 20.0. The summed E-state index contributed by atoms with van der Waals surface area (Å²) in [4.78, 5) is 31.0. The zero-order chi connectivity index (χ0) is 75.2. The highest BCUT2D eigenvalue weighted by Gasteiger charge is 2.44. The van der Waals surface area contributed by atoms with Gasteiger partial charge in [0.1, 0.15) is 23.3 Å².